The van der Waals surface area contributed by atoms with E-state index in [1.54, 1.807) is 0 Å². The third-order valence-electron chi connectivity index (χ3n) is 3.82. The first-order chi connectivity index (χ1) is 10.8. The number of nitrogens with zero attached hydrogens (tertiary/aromatic N) is 2. The maximum Gasteiger partial charge on any atom is 0.230 e. The van der Waals surface area contributed by atoms with Gasteiger partial charge in [0.25, 0.3) is 0 Å². The van der Waals surface area contributed by atoms with E-state index < -0.39 is 0 Å². The summed E-state index contributed by atoms with van der Waals surface area (Å²) in [6, 6.07) is 18.2. The summed E-state index contributed by atoms with van der Waals surface area (Å²) in [5.41, 5.74) is 3.22. The van der Waals surface area contributed by atoms with Crippen LogP contribution >= 0.6 is 0 Å². The third-order valence-corrected chi connectivity index (χ3v) is 3.82. The highest BCUT2D eigenvalue weighted by Crippen LogP contribution is 2.25. The molecule has 1 unspecified atom stereocenters. The summed E-state index contributed by atoms with van der Waals surface area (Å²) in [5.74, 6) is 1.59. The molecule has 3 aromatic rings. The molecule has 22 heavy (non-hydrogen) atoms. The summed E-state index contributed by atoms with van der Waals surface area (Å²) >= 11 is 0. The smallest absolute Gasteiger partial charge is 0.230 e. The van der Waals surface area contributed by atoms with Gasteiger partial charge < -0.3 is 4.52 Å². The van der Waals surface area contributed by atoms with Gasteiger partial charge in [-0.1, -0.05) is 66.7 Å². The van der Waals surface area contributed by atoms with E-state index in [1.807, 2.05) is 30.3 Å². The van der Waals surface area contributed by atoms with Crippen LogP contribution in [0, 0.1) is 6.92 Å². The van der Waals surface area contributed by atoms with Crippen LogP contribution in [0.3, 0.4) is 0 Å². The molecule has 0 aliphatic carbocycles. The monoisotopic (exact) mass is 291 g/mol. The molecule has 0 N–H and O–H groups in total. The maximum atomic E-state index is 5.50. The van der Waals surface area contributed by atoms with Crippen LogP contribution in [0.1, 0.15) is 36.3 Å². The molecular formula is C19H19N2O. The van der Waals surface area contributed by atoms with Crippen molar-refractivity contribution in [2.45, 2.75) is 25.7 Å². The maximum absolute atomic E-state index is 5.50. The lowest BCUT2D eigenvalue weighted by Crippen LogP contribution is -2.02. The number of aromatic nitrogens is 2. The summed E-state index contributed by atoms with van der Waals surface area (Å²) in [6.07, 6.45) is 1.88. The Hall–Kier alpha value is -2.42. The van der Waals surface area contributed by atoms with Gasteiger partial charge in [-0.05, 0) is 30.9 Å². The van der Waals surface area contributed by atoms with Gasteiger partial charge in [0.15, 0.2) is 0 Å². The van der Waals surface area contributed by atoms with E-state index in [1.165, 1.54) is 5.56 Å². The van der Waals surface area contributed by atoms with Crippen LogP contribution < -0.4 is 0 Å². The number of hydrogen-bond donors (Lipinski definition) is 0. The third kappa shape index (κ3) is 3.25. The fourth-order valence-electron chi connectivity index (χ4n) is 2.48. The van der Waals surface area contributed by atoms with Gasteiger partial charge in [-0.3, -0.25) is 0 Å². The summed E-state index contributed by atoms with van der Waals surface area (Å²) < 4.78 is 5.50. The van der Waals surface area contributed by atoms with Crippen molar-refractivity contribution in [3.05, 3.63) is 78.5 Å². The van der Waals surface area contributed by atoms with Gasteiger partial charge in [0.05, 0.1) is 0 Å². The molecule has 0 spiro atoms. The van der Waals surface area contributed by atoms with Gasteiger partial charge >= 0.3 is 0 Å². The first-order valence-corrected chi connectivity index (χ1v) is 7.56. The van der Waals surface area contributed by atoms with Crippen LogP contribution in [-0.4, -0.2) is 10.1 Å². The van der Waals surface area contributed by atoms with Crippen molar-refractivity contribution in [1.29, 1.82) is 0 Å². The van der Waals surface area contributed by atoms with Crippen LogP contribution in [0.2, 0.25) is 0 Å². The lowest BCUT2D eigenvalue weighted by Gasteiger charge is -2.09. The molecule has 3 heteroatoms. The lowest BCUT2D eigenvalue weighted by atomic mass is 9.97. The summed E-state index contributed by atoms with van der Waals surface area (Å²) in [4.78, 5) is 4.58. The van der Waals surface area contributed by atoms with E-state index in [-0.39, 0.29) is 5.92 Å². The Kier molecular flexibility index (Phi) is 4.33. The second-order valence-electron chi connectivity index (χ2n) is 5.45. The molecule has 3 rings (SSSR count). The van der Waals surface area contributed by atoms with Gasteiger partial charge in [0.2, 0.25) is 11.7 Å². The molecule has 0 saturated carbocycles. The molecule has 1 atom stereocenters. The highest BCUT2D eigenvalue weighted by Gasteiger charge is 2.18. The van der Waals surface area contributed by atoms with Crippen LogP contribution in [-0.2, 0) is 6.42 Å². The molecule has 1 heterocycles. The topological polar surface area (TPSA) is 38.9 Å². The lowest BCUT2D eigenvalue weighted by molar-refractivity contribution is 0.348. The van der Waals surface area contributed by atoms with E-state index in [4.69, 9.17) is 4.52 Å². The second-order valence-corrected chi connectivity index (χ2v) is 5.45. The zero-order valence-corrected chi connectivity index (χ0v) is 12.7. The molecule has 111 valence electrons. The van der Waals surface area contributed by atoms with Crippen molar-refractivity contribution in [3.8, 4) is 11.4 Å². The van der Waals surface area contributed by atoms with E-state index in [0.717, 1.165) is 24.0 Å². The van der Waals surface area contributed by atoms with Gasteiger partial charge in [-0.25, -0.2) is 0 Å². The molecule has 0 bridgehead atoms. The Bertz CT molecular complexity index is 717. The van der Waals surface area contributed by atoms with E-state index in [0.29, 0.717) is 11.7 Å². The fourth-order valence-corrected chi connectivity index (χ4v) is 2.48. The minimum atomic E-state index is 0.246. The highest BCUT2D eigenvalue weighted by molar-refractivity contribution is 5.54. The Morgan fingerprint density at radius 1 is 1.05 bits per heavy atom. The molecule has 2 aromatic carbocycles. The van der Waals surface area contributed by atoms with E-state index in [2.05, 4.69) is 48.3 Å². The molecule has 0 aliphatic heterocycles. The predicted octanol–water partition coefficient (Wildman–Crippen LogP) is 4.66. The largest absolute Gasteiger partial charge is 0.339 e. The average molecular weight is 291 g/mol. The van der Waals surface area contributed by atoms with Gasteiger partial charge in [0, 0.05) is 11.5 Å². The van der Waals surface area contributed by atoms with Crippen molar-refractivity contribution in [3.63, 3.8) is 0 Å². The molecule has 0 saturated heterocycles. The molecule has 1 aromatic heterocycles. The predicted molar refractivity (Wildman–Crippen MR) is 87.4 cm³/mol. The molecule has 0 fully saturated rings. The van der Waals surface area contributed by atoms with Crippen molar-refractivity contribution in [2.24, 2.45) is 0 Å². The average Bonchev–Trinajstić information content (AvgIpc) is 3.04. The fraction of sp³-hybridized carbons (Fsp3) is 0.211. The molecule has 3 nitrogen and oxygen atoms in total. The van der Waals surface area contributed by atoms with Crippen molar-refractivity contribution >= 4 is 0 Å². The first kappa shape index (κ1) is 14.5. The second kappa shape index (κ2) is 6.56. The van der Waals surface area contributed by atoms with Gasteiger partial charge in [0.1, 0.15) is 0 Å². The Balaban J connectivity index is 1.80. The summed E-state index contributed by atoms with van der Waals surface area (Å²) in [6.45, 7) is 6.03. The van der Waals surface area contributed by atoms with Crippen molar-refractivity contribution in [1.82, 2.24) is 10.1 Å². The zero-order valence-electron chi connectivity index (χ0n) is 12.7. The van der Waals surface area contributed by atoms with Gasteiger partial charge in [-0.2, -0.15) is 4.98 Å². The Morgan fingerprint density at radius 2 is 1.77 bits per heavy atom. The quantitative estimate of drug-likeness (QED) is 0.686. The molecule has 0 amide bonds. The molecule has 1 radical (unpaired) electrons. The minimum Gasteiger partial charge on any atom is -0.339 e. The number of hydrogen-bond acceptors (Lipinski definition) is 3. The van der Waals surface area contributed by atoms with Crippen LogP contribution in [0.5, 0.6) is 0 Å². The minimum absolute atomic E-state index is 0.246. The standard InChI is InChI=1S/C19H19N2O/c1-3-16(13-15-7-5-4-6-8-15)19-20-18(21-22-19)17-11-9-14(2)10-12-17/h4-12,16H,2-3,13H2,1H3. The highest BCUT2D eigenvalue weighted by atomic mass is 16.5. The van der Waals surface area contributed by atoms with E-state index >= 15 is 0 Å². The van der Waals surface area contributed by atoms with Crippen molar-refractivity contribution < 1.29 is 4.52 Å². The Labute approximate surface area is 131 Å². The number of rotatable bonds is 5. The Morgan fingerprint density at radius 3 is 2.45 bits per heavy atom. The van der Waals surface area contributed by atoms with E-state index in [9.17, 15) is 0 Å². The first-order valence-electron chi connectivity index (χ1n) is 7.56. The molecule has 0 aliphatic rings. The van der Waals surface area contributed by atoms with Crippen LogP contribution in [0.15, 0.2) is 59.1 Å². The summed E-state index contributed by atoms with van der Waals surface area (Å²) in [5, 5.41) is 4.12. The zero-order chi connectivity index (χ0) is 15.4. The number of benzene rings is 2. The molecular weight excluding hydrogens is 272 g/mol. The van der Waals surface area contributed by atoms with Crippen LogP contribution in [0.4, 0.5) is 0 Å². The summed E-state index contributed by atoms with van der Waals surface area (Å²) in [7, 11) is 0. The SMILES string of the molecule is [CH2]c1ccc(-c2noc(C(CC)Cc3ccccc3)n2)cc1. The normalized spacial score (nSPS) is 12.3. The van der Waals surface area contributed by atoms with Crippen LogP contribution in [0.25, 0.3) is 11.4 Å². The van der Waals surface area contributed by atoms with Crippen molar-refractivity contribution in [2.75, 3.05) is 0 Å². The van der Waals surface area contributed by atoms with Gasteiger partial charge in [-0.15, -0.1) is 0 Å².